The molecule has 1 fully saturated rings. The highest BCUT2D eigenvalue weighted by atomic mass is 35.5. The Morgan fingerprint density at radius 1 is 1.43 bits per heavy atom. The number of nitrogens with zero attached hydrogens (tertiary/aromatic N) is 2. The van der Waals surface area contributed by atoms with Gasteiger partial charge in [0.25, 0.3) is 0 Å². The van der Waals surface area contributed by atoms with Gasteiger partial charge < -0.3 is 0 Å². The highest BCUT2D eigenvalue weighted by molar-refractivity contribution is 7.90. The molecule has 21 heavy (non-hydrogen) atoms. The van der Waals surface area contributed by atoms with Crippen molar-refractivity contribution in [3.05, 3.63) is 28.8 Å². The molecule has 0 radical (unpaired) electrons. The van der Waals surface area contributed by atoms with Gasteiger partial charge in [0.15, 0.2) is 0 Å². The summed E-state index contributed by atoms with van der Waals surface area (Å²) >= 11 is 5.99. The van der Waals surface area contributed by atoms with E-state index in [1.165, 1.54) is 22.5 Å². The molecular weight excluding hydrogens is 332 g/mol. The van der Waals surface area contributed by atoms with Crippen LogP contribution in [0.5, 0.6) is 0 Å². The number of rotatable bonds is 2. The molecule has 1 aliphatic rings. The molecular formula is C13H15ClN2O3S2. The maximum atomic E-state index is 12.7. The zero-order valence-electron chi connectivity index (χ0n) is 11.7. The average molecular weight is 347 g/mol. The van der Waals surface area contributed by atoms with Crippen molar-refractivity contribution in [1.82, 2.24) is 4.31 Å². The van der Waals surface area contributed by atoms with E-state index in [0.29, 0.717) is 11.3 Å². The van der Waals surface area contributed by atoms with Gasteiger partial charge in [-0.15, -0.1) is 0 Å². The van der Waals surface area contributed by atoms with Gasteiger partial charge in [0.1, 0.15) is 4.90 Å². The van der Waals surface area contributed by atoms with Gasteiger partial charge in [-0.3, -0.25) is 4.21 Å². The summed E-state index contributed by atoms with van der Waals surface area (Å²) in [6.45, 7) is 3.95. The van der Waals surface area contributed by atoms with Gasteiger partial charge in [-0.25, -0.2) is 8.42 Å². The molecule has 0 saturated carbocycles. The van der Waals surface area contributed by atoms with Crippen molar-refractivity contribution in [2.24, 2.45) is 0 Å². The maximum Gasteiger partial charge on any atom is 0.244 e. The van der Waals surface area contributed by atoms with Crippen LogP contribution in [-0.4, -0.2) is 40.5 Å². The Kier molecular flexibility index (Phi) is 4.45. The topological polar surface area (TPSA) is 78.2 Å². The molecule has 0 amide bonds. The normalized spacial score (nSPS) is 22.7. The number of sulfonamides is 1. The van der Waals surface area contributed by atoms with E-state index in [9.17, 15) is 12.6 Å². The Hall–Kier alpha value is -0.940. The third kappa shape index (κ3) is 3.14. The Balaban J connectivity index is 2.40. The fraction of sp³-hybridized carbons (Fsp3) is 0.462. The van der Waals surface area contributed by atoms with Gasteiger partial charge in [0.05, 0.1) is 21.4 Å². The first-order valence-electron chi connectivity index (χ1n) is 6.27. The van der Waals surface area contributed by atoms with Crippen LogP contribution in [0.1, 0.15) is 19.4 Å². The van der Waals surface area contributed by atoms with Crippen LogP contribution < -0.4 is 0 Å². The predicted molar refractivity (Wildman–Crippen MR) is 82.0 cm³/mol. The summed E-state index contributed by atoms with van der Waals surface area (Å²) in [5.41, 5.74) is 0.305. The number of hydrogen-bond donors (Lipinski definition) is 0. The Morgan fingerprint density at radius 3 is 2.62 bits per heavy atom. The van der Waals surface area contributed by atoms with Crippen LogP contribution in [0.15, 0.2) is 23.1 Å². The molecule has 0 spiro atoms. The zero-order valence-corrected chi connectivity index (χ0v) is 14.1. The minimum atomic E-state index is -3.75. The smallest absolute Gasteiger partial charge is 0.244 e. The van der Waals surface area contributed by atoms with E-state index in [0.717, 1.165) is 0 Å². The fourth-order valence-electron chi connectivity index (χ4n) is 2.16. The molecule has 8 heteroatoms. The molecule has 0 aromatic heterocycles. The molecule has 5 nitrogen and oxygen atoms in total. The molecule has 1 atom stereocenters. The second kappa shape index (κ2) is 5.69. The van der Waals surface area contributed by atoms with Crippen molar-refractivity contribution in [3.63, 3.8) is 0 Å². The third-order valence-electron chi connectivity index (χ3n) is 3.38. The molecule has 2 rings (SSSR count). The largest absolute Gasteiger partial charge is 0.259 e. The fourth-order valence-corrected chi connectivity index (χ4v) is 5.72. The molecule has 0 bridgehead atoms. The van der Waals surface area contributed by atoms with Gasteiger partial charge in [0, 0.05) is 29.6 Å². The summed E-state index contributed by atoms with van der Waals surface area (Å²) in [5, 5.41) is 8.83. The lowest BCUT2D eigenvalue weighted by Gasteiger charge is -2.36. The van der Waals surface area contributed by atoms with Crippen LogP contribution >= 0.6 is 11.6 Å². The molecule has 1 heterocycles. The zero-order chi connectivity index (χ0) is 15.8. The summed E-state index contributed by atoms with van der Waals surface area (Å²) in [4.78, 5) is -0.0216. The lowest BCUT2D eigenvalue weighted by atomic mass is 10.2. The van der Waals surface area contributed by atoms with Crippen molar-refractivity contribution in [1.29, 1.82) is 5.26 Å². The summed E-state index contributed by atoms with van der Waals surface area (Å²) < 4.78 is 37.9. The van der Waals surface area contributed by atoms with Crippen molar-refractivity contribution in [2.75, 3.05) is 18.8 Å². The molecule has 1 aliphatic heterocycles. The van der Waals surface area contributed by atoms with Gasteiger partial charge in [-0.05, 0) is 32.0 Å². The van der Waals surface area contributed by atoms with E-state index in [2.05, 4.69) is 0 Å². The monoisotopic (exact) mass is 346 g/mol. The maximum absolute atomic E-state index is 12.7. The first kappa shape index (κ1) is 16.4. The quantitative estimate of drug-likeness (QED) is 0.817. The lowest BCUT2D eigenvalue weighted by molar-refractivity contribution is 0.378. The summed E-state index contributed by atoms with van der Waals surface area (Å²) in [7, 11) is -4.81. The minimum Gasteiger partial charge on any atom is -0.259 e. The van der Waals surface area contributed by atoms with Gasteiger partial charge in [0.2, 0.25) is 10.0 Å². The Morgan fingerprint density at radius 2 is 2.10 bits per heavy atom. The van der Waals surface area contributed by atoms with E-state index < -0.39 is 25.6 Å². The predicted octanol–water partition coefficient (Wildman–Crippen LogP) is 1.74. The van der Waals surface area contributed by atoms with Crippen molar-refractivity contribution in [2.45, 2.75) is 23.5 Å². The number of nitriles is 1. The minimum absolute atomic E-state index is 0.0216. The SMILES string of the molecule is CC1(C)CN(S(=O)(=O)c2ccc(C#N)cc2Cl)CC[S@]1=O. The number of hydrogen-bond acceptors (Lipinski definition) is 4. The van der Waals surface area contributed by atoms with E-state index >= 15 is 0 Å². The van der Waals surface area contributed by atoms with Gasteiger partial charge in [-0.1, -0.05) is 11.6 Å². The van der Waals surface area contributed by atoms with Crippen LogP contribution in [-0.2, 0) is 20.8 Å². The molecule has 0 aliphatic carbocycles. The van der Waals surface area contributed by atoms with Crippen molar-refractivity contribution in [3.8, 4) is 6.07 Å². The lowest BCUT2D eigenvalue weighted by Crippen LogP contribution is -2.51. The van der Waals surface area contributed by atoms with Gasteiger partial charge in [-0.2, -0.15) is 9.57 Å². The second-order valence-corrected chi connectivity index (χ2v) is 9.92. The van der Waals surface area contributed by atoms with Crippen LogP contribution in [0.25, 0.3) is 0 Å². The van der Waals surface area contributed by atoms with E-state index in [4.69, 9.17) is 16.9 Å². The molecule has 1 saturated heterocycles. The Labute approximate surface area is 132 Å². The molecule has 114 valence electrons. The van der Waals surface area contributed by atoms with E-state index in [-0.39, 0.29) is 23.0 Å². The number of benzene rings is 1. The van der Waals surface area contributed by atoms with E-state index in [1.54, 1.807) is 13.8 Å². The van der Waals surface area contributed by atoms with Crippen LogP contribution in [0.2, 0.25) is 5.02 Å². The number of halogens is 1. The summed E-state index contributed by atoms with van der Waals surface area (Å²) in [6.07, 6.45) is 0. The summed E-state index contributed by atoms with van der Waals surface area (Å²) in [6, 6.07) is 6.01. The molecule has 1 aromatic rings. The first-order valence-corrected chi connectivity index (χ1v) is 9.40. The highest BCUT2D eigenvalue weighted by Gasteiger charge is 2.39. The third-order valence-corrected chi connectivity index (χ3v) is 7.62. The summed E-state index contributed by atoms with van der Waals surface area (Å²) in [5.74, 6) is 0.306. The Bertz CT molecular complexity index is 738. The first-order chi connectivity index (χ1) is 9.68. The second-order valence-electron chi connectivity index (χ2n) is 5.40. The van der Waals surface area contributed by atoms with Crippen molar-refractivity contribution < 1.29 is 12.6 Å². The van der Waals surface area contributed by atoms with Crippen molar-refractivity contribution >= 4 is 32.4 Å². The molecule has 0 unspecified atom stereocenters. The molecule has 1 aromatic carbocycles. The van der Waals surface area contributed by atoms with Crippen LogP contribution in [0.3, 0.4) is 0 Å². The average Bonchev–Trinajstić information content (AvgIpc) is 2.41. The van der Waals surface area contributed by atoms with E-state index in [1.807, 2.05) is 6.07 Å². The van der Waals surface area contributed by atoms with Crippen LogP contribution in [0, 0.1) is 11.3 Å². The highest BCUT2D eigenvalue weighted by Crippen LogP contribution is 2.29. The van der Waals surface area contributed by atoms with Crippen LogP contribution in [0.4, 0.5) is 0 Å². The molecule has 0 N–H and O–H groups in total. The van der Waals surface area contributed by atoms with Gasteiger partial charge >= 0.3 is 0 Å². The standard InChI is InChI=1S/C13H15ClN2O3S2/c1-13(2)9-16(5-6-20(13)17)21(18,19)12-4-3-10(8-15)7-11(12)14/h3-4,7H,5-6,9H2,1-2H3/t20-/m1/s1.